The van der Waals surface area contributed by atoms with Gasteiger partial charge < -0.3 is 18.9 Å². The summed E-state index contributed by atoms with van der Waals surface area (Å²) in [7, 11) is -4.20. The lowest BCUT2D eigenvalue weighted by Crippen LogP contribution is -2.41. The van der Waals surface area contributed by atoms with E-state index in [1.807, 2.05) is 6.92 Å². The number of ketones is 2. The zero-order valence-corrected chi connectivity index (χ0v) is 25.1. The second kappa shape index (κ2) is 11.4. The van der Waals surface area contributed by atoms with E-state index in [1.165, 1.54) is 12.1 Å². The van der Waals surface area contributed by atoms with Crippen LogP contribution in [0.5, 0.6) is 11.5 Å². The Hall–Kier alpha value is -3.44. The van der Waals surface area contributed by atoms with E-state index in [0.29, 0.717) is 66.6 Å². The molecule has 11 heteroatoms. The van der Waals surface area contributed by atoms with Gasteiger partial charge in [-0.05, 0) is 85.3 Å². The number of carbonyl (C=O) groups is 3. The van der Waals surface area contributed by atoms with E-state index in [1.54, 1.807) is 36.1 Å². The van der Waals surface area contributed by atoms with Crippen LogP contribution in [0.1, 0.15) is 62.5 Å². The molecule has 0 saturated carbocycles. The van der Waals surface area contributed by atoms with Gasteiger partial charge in [-0.25, -0.2) is 0 Å². The number of aliphatic carboxylic acids is 1. The van der Waals surface area contributed by atoms with Gasteiger partial charge in [0.2, 0.25) is 0 Å². The number of aryl methyl sites for hydroxylation is 1. The number of Topliss-reactive ketones (excluding diaryl/α,β-unsaturated/α-hetero) is 2. The van der Waals surface area contributed by atoms with Crippen molar-refractivity contribution in [2.75, 3.05) is 13.2 Å². The van der Waals surface area contributed by atoms with E-state index < -0.39 is 22.0 Å². The van der Waals surface area contributed by atoms with Gasteiger partial charge in [0.15, 0.2) is 23.1 Å². The van der Waals surface area contributed by atoms with Gasteiger partial charge in [-0.2, -0.15) is 8.42 Å². The molecule has 2 aromatic rings. The van der Waals surface area contributed by atoms with Crippen LogP contribution in [-0.2, 0) is 24.5 Å². The first-order valence-corrected chi connectivity index (χ1v) is 15.7. The van der Waals surface area contributed by atoms with Crippen LogP contribution in [0, 0.1) is 6.92 Å². The van der Waals surface area contributed by atoms with Crippen molar-refractivity contribution in [3.8, 4) is 11.5 Å². The quantitative estimate of drug-likeness (QED) is 0.375. The van der Waals surface area contributed by atoms with Crippen molar-refractivity contribution in [1.82, 2.24) is 4.90 Å². The van der Waals surface area contributed by atoms with Crippen LogP contribution in [-0.4, -0.2) is 49.1 Å². The number of carbonyl (C=O) groups excluding carboxylic acids is 2. The Balaban J connectivity index is 1.66. The number of ether oxygens (including phenoxy) is 1. The molecule has 1 heterocycles. The number of benzene rings is 2. The van der Waals surface area contributed by atoms with Crippen LogP contribution >= 0.6 is 15.9 Å². The van der Waals surface area contributed by atoms with E-state index in [0.717, 1.165) is 5.56 Å². The molecule has 0 bridgehead atoms. The fourth-order valence-corrected chi connectivity index (χ4v) is 7.44. The topological polar surface area (TPSA) is 127 Å². The molecule has 0 unspecified atom stereocenters. The zero-order chi connectivity index (χ0) is 29.5. The molecule has 216 valence electrons. The molecule has 0 spiro atoms. The second-order valence-electron chi connectivity index (χ2n) is 10.3. The summed E-state index contributed by atoms with van der Waals surface area (Å²) < 4.78 is 38.0. The number of allylic oxidation sites excluding steroid dienone is 4. The normalized spacial score (nSPS) is 17.9. The molecule has 0 aromatic heterocycles. The SMILES string of the molecule is CCOc1cc(C2C3=C(CCCC3=O)N(CC(=O)O)C3=C2C(=O)CCC3)cc(Br)c1OS(=O)(=O)c1ccc(C)cc1. The minimum absolute atomic E-state index is 0.0162. The second-order valence-corrected chi connectivity index (χ2v) is 12.7. The Morgan fingerprint density at radius 1 is 1.00 bits per heavy atom. The average molecular weight is 645 g/mol. The van der Waals surface area contributed by atoms with Gasteiger partial charge in [-0.15, -0.1) is 0 Å². The predicted molar refractivity (Wildman–Crippen MR) is 153 cm³/mol. The van der Waals surface area contributed by atoms with Crippen LogP contribution in [0.3, 0.4) is 0 Å². The Bertz CT molecular complexity index is 1560. The number of carboxylic acids is 1. The summed E-state index contributed by atoms with van der Waals surface area (Å²) in [6.07, 6.45) is 2.81. The highest BCUT2D eigenvalue weighted by atomic mass is 79.9. The maximum atomic E-state index is 13.4. The molecule has 5 rings (SSSR count). The van der Waals surface area contributed by atoms with Crippen molar-refractivity contribution in [2.24, 2.45) is 0 Å². The third-order valence-corrected chi connectivity index (χ3v) is 9.37. The van der Waals surface area contributed by atoms with Crippen molar-refractivity contribution < 1.29 is 36.8 Å². The van der Waals surface area contributed by atoms with E-state index in [9.17, 15) is 27.9 Å². The minimum Gasteiger partial charge on any atom is -0.490 e. The van der Waals surface area contributed by atoms with E-state index in [-0.39, 0.29) is 45.6 Å². The van der Waals surface area contributed by atoms with Gasteiger partial charge in [-0.1, -0.05) is 17.7 Å². The molecule has 1 aliphatic heterocycles. The number of hydrogen-bond donors (Lipinski definition) is 1. The molecule has 9 nitrogen and oxygen atoms in total. The lowest BCUT2D eigenvalue weighted by Gasteiger charge is -2.43. The van der Waals surface area contributed by atoms with Crippen molar-refractivity contribution in [1.29, 1.82) is 0 Å². The van der Waals surface area contributed by atoms with Crippen LogP contribution in [0.4, 0.5) is 0 Å². The third kappa shape index (κ3) is 5.57. The van der Waals surface area contributed by atoms with Crippen molar-refractivity contribution in [3.05, 3.63) is 74.5 Å². The summed E-state index contributed by atoms with van der Waals surface area (Å²) in [5.74, 6) is -1.95. The Morgan fingerprint density at radius 3 is 2.12 bits per heavy atom. The Kier molecular flexibility index (Phi) is 8.11. The van der Waals surface area contributed by atoms with E-state index in [2.05, 4.69) is 15.9 Å². The molecule has 0 fully saturated rings. The maximum Gasteiger partial charge on any atom is 0.339 e. The Morgan fingerprint density at radius 2 is 1.59 bits per heavy atom. The highest BCUT2D eigenvalue weighted by Crippen LogP contribution is 2.51. The summed E-state index contributed by atoms with van der Waals surface area (Å²) in [5, 5.41) is 9.67. The maximum absolute atomic E-state index is 13.4. The van der Waals surface area contributed by atoms with Crippen LogP contribution in [0.15, 0.2) is 68.3 Å². The largest absolute Gasteiger partial charge is 0.490 e. The third-order valence-electron chi connectivity index (χ3n) is 7.55. The van der Waals surface area contributed by atoms with Crippen molar-refractivity contribution >= 4 is 43.6 Å². The molecule has 0 amide bonds. The molecule has 2 aromatic carbocycles. The summed E-state index contributed by atoms with van der Waals surface area (Å²) in [5.41, 5.74) is 3.57. The number of rotatable bonds is 8. The molecule has 41 heavy (non-hydrogen) atoms. The number of carboxylic acid groups (broad SMARTS) is 1. The first-order chi connectivity index (χ1) is 19.5. The molecule has 3 aliphatic rings. The molecule has 2 aliphatic carbocycles. The number of nitrogens with zero attached hydrogens (tertiary/aromatic N) is 1. The summed E-state index contributed by atoms with van der Waals surface area (Å²) in [6.45, 7) is 3.47. The molecular weight excluding hydrogens is 614 g/mol. The first-order valence-electron chi connectivity index (χ1n) is 13.5. The molecule has 0 saturated heterocycles. The van der Waals surface area contributed by atoms with Gasteiger partial charge in [0, 0.05) is 41.3 Å². The predicted octanol–water partition coefficient (Wildman–Crippen LogP) is 5.42. The highest BCUT2D eigenvalue weighted by Gasteiger charge is 2.44. The summed E-state index contributed by atoms with van der Waals surface area (Å²) >= 11 is 3.46. The van der Waals surface area contributed by atoms with Gasteiger partial charge in [0.1, 0.15) is 11.4 Å². The molecule has 0 atom stereocenters. The van der Waals surface area contributed by atoms with E-state index >= 15 is 0 Å². The molecule has 1 N–H and O–H groups in total. The van der Waals surface area contributed by atoms with Crippen molar-refractivity contribution in [2.45, 2.75) is 63.2 Å². The van der Waals surface area contributed by atoms with Crippen molar-refractivity contribution in [3.63, 3.8) is 0 Å². The monoisotopic (exact) mass is 643 g/mol. The fourth-order valence-electron chi connectivity index (χ4n) is 5.84. The average Bonchev–Trinajstić information content (AvgIpc) is 2.91. The molecular formula is C30H30BrNO8S. The Labute approximate surface area is 247 Å². The van der Waals surface area contributed by atoms with Crippen LogP contribution in [0.2, 0.25) is 0 Å². The standard InChI is InChI=1S/C30H30BrNO8S/c1-3-39-25-15-18(14-20(31)30(25)40-41(37,38)19-12-10-17(2)11-13-19)27-28-21(6-4-8-23(28)33)32(16-26(35)36)22-7-5-9-24(34)29(22)27/h10-15,27H,3-9,16H2,1-2H3,(H,35,36). The lowest BCUT2D eigenvalue weighted by molar-refractivity contribution is -0.138. The molecule has 0 radical (unpaired) electrons. The van der Waals surface area contributed by atoms with Crippen LogP contribution in [0.25, 0.3) is 0 Å². The van der Waals surface area contributed by atoms with Gasteiger partial charge in [-0.3, -0.25) is 14.4 Å². The number of halogens is 1. The number of hydrogen-bond acceptors (Lipinski definition) is 8. The van der Waals surface area contributed by atoms with Gasteiger partial charge >= 0.3 is 16.1 Å². The first kappa shape index (κ1) is 29.1. The van der Waals surface area contributed by atoms with Gasteiger partial charge in [0.05, 0.1) is 11.1 Å². The zero-order valence-electron chi connectivity index (χ0n) is 22.7. The smallest absolute Gasteiger partial charge is 0.339 e. The fraction of sp³-hybridized carbons (Fsp3) is 0.367. The van der Waals surface area contributed by atoms with Crippen LogP contribution < -0.4 is 8.92 Å². The summed E-state index contributed by atoms with van der Waals surface area (Å²) in [4.78, 5) is 40.3. The summed E-state index contributed by atoms with van der Waals surface area (Å²) in [6, 6.07) is 9.54. The van der Waals surface area contributed by atoms with Gasteiger partial charge in [0.25, 0.3) is 0 Å². The highest BCUT2D eigenvalue weighted by molar-refractivity contribution is 9.10. The van der Waals surface area contributed by atoms with E-state index in [4.69, 9.17) is 8.92 Å². The lowest BCUT2D eigenvalue weighted by atomic mass is 9.71. The minimum atomic E-state index is -4.20.